The van der Waals surface area contributed by atoms with E-state index in [0.717, 1.165) is 10.2 Å². The molecule has 2 atom stereocenters. The minimum Gasteiger partial charge on any atom is -0.325 e. The number of hydrogen-bond donors (Lipinski definition) is 2. The zero-order chi connectivity index (χ0) is 16.2. The zero-order valence-corrected chi connectivity index (χ0v) is 14.7. The molecule has 2 aromatic carbocycles. The lowest BCUT2D eigenvalue weighted by molar-refractivity contribution is -0.118. The van der Waals surface area contributed by atoms with Gasteiger partial charge in [-0.15, -0.1) is 0 Å². The second kappa shape index (κ2) is 7.28. The van der Waals surface area contributed by atoms with Crippen LogP contribution in [-0.4, -0.2) is 11.9 Å². The largest absolute Gasteiger partial charge is 0.325 e. The molecule has 0 bridgehead atoms. The first kappa shape index (κ1) is 16.2. The summed E-state index contributed by atoms with van der Waals surface area (Å²) in [6.45, 7) is 1.92. The molecule has 2 aromatic rings. The van der Waals surface area contributed by atoms with Gasteiger partial charge in [0.15, 0.2) is 0 Å². The van der Waals surface area contributed by atoms with Gasteiger partial charge < -0.3 is 5.32 Å². The fourth-order valence-electron chi connectivity index (χ4n) is 2.76. The average molecular weight is 373 g/mol. The normalized spacial score (nSPS) is 16.6. The highest BCUT2D eigenvalue weighted by atomic mass is 79.9. The molecular formula is C19H21BrN2O. The van der Waals surface area contributed by atoms with Gasteiger partial charge in [-0.3, -0.25) is 10.1 Å². The monoisotopic (exact) mass is 372 g/mol. The van der Waals surface area contributed by atoms with Gasteiger partial charge in [0.2, 0.25) is 5.91 Å². The molecule has 3 rings (SSSR count). The maximum absolute atomic E-state index is 12.4. The fourth-order valence-corrected chi connectivity index (χ4v) is 3.16. The number of carbonyl (C=O) groups is 1. The third-order valence-electron chi connectivity index (χ3n) is 4.17. The van der Waals surface area contributed by atoms with Gasteiger partial charge in [0.25, 0.3) is 0 Å². The lowest BCUT2D eigenvalue weighted by Gasteiger charge is -2.23. The molecule has 4 heteroatoms. The van der Waals surface area contributed by atoms with Crippen LogP contribution in [0.5, 0.6) is 0 Å². The highest BCUT2D eigenvalue weighted by molar-refractivity contribution is 9.10. The summed E-state index contributed by atoms with van der Waals surface area (Å²) in [7, 11) is 0. The molecule has 0 radical (unpaired) electrons. The van der Waals surface area contributed by atoms with Gasteiger partial charge in [-0.05, 0) is 49.4 Å². The van der Waals surface area contributed by atoms with Crippen molar-refractivity contribution >= 4 is 27.5 Å². The molecular weight excluding hydrogens is 352 g/mol. The number of hydrogen-bond acceptors (Lipinski definition) is 2. The van der Waals surface area contributed by atoms with Crippen LogP contribution in [0.2, 0.25) is 0 Å². The summed E-state index contributed by atoms with van der Waals surface area (Å²) in [5.41, 5.74) is 2.07. The van der Waals surface area contributed by atoms with Crippen molar-refractivity contribution in [2.45, 2.75) is 31.8 Å². The van der Waals surface area contributed by atoms with Crippen LogP contribution >= 0.6 is 15.9 Å². The first-order valence-corrected chi connectivity index (χ1v) is 8.80. The summed E-state index contributed by atoms with van der Waals surface area (Å²) in [6.07, 6.45) is 2.46. The Hall–Kier alpha value is -1.65. The van der Waals surface area contributed by atoms with E-state index >= 15 is 0 Å². The van der Waals surface area contributed by atoms with E-state index in [1.807, 2.05) is 37.3 Å². The molecule has 1 amide bonds. The highest BCUT2D eigenvalue weighted by Gasteiger charge is 2.33. The molecule has 120 valence electrons. The van der Waals surface area contributed by atoms with Crippen molar-refractivity contribution in [2.75, 3.05) is 5.32 Å². The van der Waals surface area contributed by atoms with Gasteiger partial charge in [-0.2, -0.15) is 0 Å². The quantitative estimate of drug-likeness (QED) is 0.782. The molecule has 0 heterocycles. The summed E-state index contributed by atoms with van der Waals surface area (Å²) < 4.78 is 0.955. The van der Waals surface area contributed by atoms with E-state index in [1.54, 1.807) is 0 Å². The smallest absolute Gasteiger partial charge is 0.241 e. The van der Waals surface area contributed by atoms with Crippen LogP contribution in [0, 0.1) is 5.92 Å². The predicted molar refractivity (Wildman–Crippen MR) is 97.3 cm³/mol. The van der Waals surface area contributed by atoms with Gasteiger partial charge in [0, 0.05) is 16.2 Å². The Morgan fingerprint density at radius 2 is 1.87 bits per heavy atom. The first-order chi connectivity index (χ1) is 11.1. The van der Waals surface area contributed by atoms with Gasteiger partial charge in [0.05, 0.1) is 6.04 Å². The summed E-state index contributed by atoms with van der Waals surface area (Å²) in [4.78, 5) is 12.4. The maximum atomic E-state index is 12.4. The second-order valence-electron chi connectivity index (χ2n) is 6.11. The van der Waals surface area contributed by atoms with Gasteiger partial charge in [-0.25, -0.2) is 0 Å². The highest BCUT2D eigenvalue weighted by Crippen LogP contribution is 2.41. The van der Waals surface area contributed by atoms with Crippen molar-refractivity contribution in [3.63, 3.8) is 0 Å². The standard InChI is InChI=1S/C19H21BrN2O/c1-13(19(23)22-17-9-5-8-16(20)12-17)21-18(15-10-11-15)14-6-3-2-4-7-14/h2-9,12-13,15,18,21H,10-11H2,1H3,(H,22,23)/t13-,18+/m0/s1. The van der Waals surface area contributed by atoms with Crippen LogP contribution in [0.3, 0.4) is 0 Å². The van der Waals surface area contributed by atoms with Crippen molar-refractivity contribution in [1.82, 2.24) is 5.32 Å². The molecule has 0 aliphatic heterocycles. The van der Waals surface area contributed by atoms with E-state index in [-0.39, 0.29) is 18.0 Å². The number of anilines is 1. The van der Waals surface area contributed by atoms with Crippen LogP contribution in [0.15, 0.2) is 59.1 Å². The van der Waals surface area contributed by atoms with Gasteiger partial charge in [0.1, 0.15) is 0 Å². The molecule has 1 aliphatic rings. The number of nitrogens with one attached hydrogen (secondary N) is 2. The lowest BCUT2D eigenvalue weighted by Crippen LogP contribution is -2.40. The van der Waals surface area contributed by atoms with Crippen molar-refractivity contribution in [1.29, 1.82) is 0 Å². The number of halogens is 1. The van der Waals surface area contributed by atoms with Crippen LogP contribution in [0.1, 0.15) is 31.4 Å². The summed E-state index contributed by atoms with van der Waals surface area (Å²) in [5, 5.41) is 6.47. The molecule has 3 nitrogen and oxygen atoms in total. The number of benzene rings is 2. The third-order valence-corrected chi connectivity index (χ3v) is 4.66. The Bertz CT molecular complexity index is 670. The predicted octanol–water partition coefficient (Wildman–Crippen LogP) is 4.52. The maximum Gasteiger partial charge on any atom is 0.241 e. The van der Waals surface area contributed by atoms with Crippen LogP contribution < -0.4 is 10.6 Å². The van der Waals surface area contributed by atoms with Gasteiger partial charge >= 0.3 is 0 Å². The second-order valence-corrected chi connectivity index (χ2v) is 7.03. The topological polar surface area (TPSA) is 41.1 Å². The molecule has 1 fully saturated rings. The number of rotatable bonds is 6. The van der Waals surface area contributed by atoms with E-state index < -0.39 is 0 Å². The lowest BCUT2D eigenvalue weighted by atomic mass is 10.0. The molecule has 23 heavy (non-hydrogen) atoms. The molecule has 0 saturated heterocycles. The first-order valence-electron chi connectivity index (χ1n) is 8.01. The Kier molecular flexibility index (Phi) is 5.13. The van der Waals surface area contributed by atoms with Gasteiger partial charge in [-0.1, -0.05) is 52.3 Å². The van der Waals surface area contributed by atoms with Crippen LogP contribution in [-0.2, 0) is 4.79 Å². The SMILES string of the molecule is C[C@H](N[C@H](c1ccccc1)C1CC1)C(=O)Nc1cccc(Br)c1. The summed E-state index contributed by atoms with van der Waals surface area (Å²) in [5.74, 6) is 0.628. The van der Waals surface area contributed by atoms with E-state index in [0.29, 0.717) is 5.92 Å². The Morgan fingerprint density at radius 3 is 2.52 bits per heavy atom. The Labute approximate surface area is 145 Å². The molecule has 1 aliphatic carbocycles. The summed E-state index contributed by atoms with van der Waals surface area (Å²) in [6, 6.07) is 18.0. The van der Waals surface area contributed by atoms with Crippen molar-refractivity contribution < 1.29 is 4.79 Å². The Balaban J connectivity index is 1.65. The zero-order valence-electron chi connectivity index (χ0n) is 13.1. The molecule has 0 spiro atoms. The Morgan fingerprint density at radius 1 is 1.13 bits per heavy atom. The fraction of sp³-hybridized carbons (Fsp3) is 0.316. The average Bonchev–Trinajstić information content (AvgIpc) is 3.38. The van der Waals surface area contributed by atoms with E-state index in [9.17, 15) is 4.79 Å². The molecule has 0 unspecified atom stereocenters. The van der Waals surface area contributed by atoms with Crippen molar-refractivity contribution in [3.05, 3.63) is 64.6 Å². The number of amides is 1. The van der Waals surface area contributed by atoms with E-state index in [4.69, 9.17) is 0 Å². The summed E-state index contributed by atoms with van der Waals surface area (Å²) >= 11 is 3.42. The van der Waals surface area contributed by atoms with E-state index in [1.165, 1.54) is 18.4 Å². The molecule has 0 aromatic heterocycles. The molecule has 1 saturated carbocycles. The molecule has 2 N–H and O–H groups in total. The number of carbonyl (C=O) groups excluding carboxylic acids is 1. The van der Waals surface area contributed by atoms with Crippen LogP contribution in [0.4, 0.5) is 5.69 Å². The minimum atomic E-state index is -0.250. The van der Waals surface area contributed by atoms with E-state index in [2.05, 4.69) is 50.8 Å². The minimum absolute atomic E-state index is 0.00955. The third kappa shape index (κ3) is 4.43. The van der Waals surface area contributed by atoms with Crippen LogP contribution in [0.25, 0.3) is 0 Å². The van der Waals surface area contributed by atoms with Crippen molar-refractivity contribution in [3.8, 4) is 0 Å². The van der Waals surface area contributed by atoms with Crippen molar-refractivity contribution in [2.24, 2.45) is 5.92 Å².